The topological polar surface area (TPSA) is 26.3 Å². The summed E-state index contributed by atoms with van der Waals surface area (Å²) in [7, 11) is 1.72. The maximum absolute atomic E-state index is 12.5. The average Bonchev–Trinajstić information content (AvgIpc) is 2.91. The standard InChI is InChI=1S/C20H22O2/c1-3-20-11-10-16-15-7-5-14(22-2)12-13(15)4-6-17(16)18(20)8-9-19(20)21/h5,7-8,12H,3-4,6,9-11H2,1-2H3. The molecule has 4 rings (SSSR count). The molecule has 0 heterocycles. The summed E-state index contributed by atoms with van der Waals surface area (Å²) in [6.45, 7) is 2.17. The number of methoxy groups -OCH3 is 1. The van der Waals surface area contributed by atoms with Gasteiger partial charge in [0, 0.05) is 6.42 Å². The summed E-state index contributed by atoms with van der Waals surface area (Å²) in [5, 5.41) is 0. The second kappa shape index (κ2) is 4.84. The van der Waals surface area contributed by atoms with Gasteiger partial charge in [0.15, 0.2) is 0 Å². The molecule has 0 aromatic heterocycles. The molecule has 0 bridgehead atoms. The molecular formula is C20H22O2. The van der Waals surface area contributed by atoms with Crippen molar-refractivity contribution in [2.24, 2.45) is 5.41 Å². The number of hydrogen-bond donors (Lipinski definition) is 0. The van der Waals surface area contributed by atoms with Crippen LogP contribution in [0.5, 0.6) is 5.75 Å². The molecule has 0 radical (unpaired) electrons. The third-order valence-electron chi connectivity index (χ3n) is 5.92. The van der Waals surface area contributed by atoms with Gasteiger partial charge in [-0.15, -0.1) is 0 Å². The molecule has 2 heteroatoms. The van der Waals surface area contributed by atoms with Crippen molar-refractivity contribution < 1.29 is 9.53 Å². The van der Waals surface area contributed by atoms with Crippen LogP contribution in [0.4, 0.5) is 0 Å². The van der Waals surface area contributed by atoms with E-state index in [-0.39, 0.29) is 5.41 Å². The summed E-state index contributed by atoms with van der Waals surface area (Å²) in [5.74, 6) is 1.38. The van der Waals surface area contributed by atoms with E-state index >= 15 is 0 Å². The highest BCUT2D eigenvalue weighted by Gasteiger charge is 2.47. The van der Waals surface area contributed by atoms with Crippen molar-refractivity contribution in [2.75, 3.05) is 7.11 Å². The molecule has 114 valence electrons. The van der Waals surface area contributed by atoms with Crippen LogP contribution in [0.2, 0.25) is 0 Å². The summed E-state index contributed by atoms with van der Waals surface area (Å²) in [4.78, 5) is 12.5. The van der Waals surface area contributed by atoms with Crippen LogP contribution in [-0.4, -0.2) is 12.9 Å². The van der Waals surface area contributed by atoms with E-state index in [4.69, 9.17) is 4.74 Å². The first-order valence-corrected chi connectivity index (χ1v) is 8.33. The lowest BCUT2D eigenvalue weighted by Crippen LogP contribution is -2.33. The van der Waals surface area contributed by atoms with Crippen molar-refractivity contribution in [3.8, 4) is 5.75 Å². The molecule has 1 aromatic rings. The van der Waals surface area contributed by atoms with Gasteiger partial charge >= 0.3 is 0 Å². The number of carbonyl (C=O) groups excluding carboxylic acids is 1. The first-order chi connectivity index (χ1) is 10.7. The molecule has 0 saturated heterocycles. The van der Waals surface area contributed by atoms with Gasteiger partial charge in [-0.25, -0.2) is 0 Å². The van der Waals surface area contributed by atoms with Gasteiger partial charge in [0.1, 0.15) is 11.5 Å². The number of fused-ring (bicyclic) bond motifs is 4. The van der Waals surface area contributed by atoms with Gasteiger partial charge in [0.05, 0.1) is 12.5 Å². The van der Waals surface area contributed by atoms with Crippen molar-refractivity contribution in [1.29, 1.82) is 0 Å². The Bertz CT molecular complexity index is 723. The zero-order valence-electron chi connectivity index (χ0n) is 13.4. The van der Waals surface area contributed by atoms with Gasteiger partial charge < -0.3 is 4.74 Å². The number of carbonyl (C=O) groups is 1. The van der Waals surface area contributed by atoms with Crippen LogP contribution in [0.1, 0.15) is 50.2 Å². The first kappa shape index (κ1) is 13.8. The summed E-state index contributed by atoms with van der Waals surface area (Å²) in [5.41, 5.74) is 6.93. The zero-order chi connectivity index (χ0) is 15.3. The van der Waals surface area contributed by atoms with E-state index in [9.17, 15) is 4.79 Å². The lowest BCUT2D eigenvalue weighted by molar-refractivity contribution is -0.125. The van der Waals surface area contributed by atoms with Gasteiger partial charge in [0.2, 0.25) is 0 Å². The summed E-state index contributed by atoms with van der Waals surface area (Å²) in [6, 6.07) is 6.44. The van der Waals surface area contributed by atoms with Gasteiger partial charge in [-0.05, 0) is 72.1 Å². The monoisotopic (exact) mass is 294 g/mol. The minimum Gasteiger partial charge on any atom is -0.497 e. The van der Waals surface area contributed by atoms with Crippen LogP contribution in [0.25, 0.3) is 5.57 Å². The third-order valence-corrected chi connectivity index (χ3v) is 5.92. The Hall–Kier alpha value is -1.83. The predicted molar refractivity (Wildman–Crippen MR) is 87.9 cm³/mol. The van der Waals surface area contributed by atoms with Crippen molar-refractivity contribution in [3.63, 3.8) is 0 Å². The fraction of sp³-hybridized carbons (Fsp3) is 0.450. The fourth-order valence-corrected chi connectivity index (χ4v) is 4.68. The smallest absolute Gasteiger partial charge is 0.147 e. The van der Waals surface area contributed by atoms with Crippen molar-refractivity contribution >= 4 is 11.4 Å². The third kappa shape index (κ3) is 1.70. The maximum Gasteiger partial charge on any atom is 0.147 e. The van der Waals surface area contributed by atoms with Crippen molar-refractivity contribution in [3.05, 3.63) is 46.5 Å². The van der Waals surface area contributed by atoms with Gasteiger partial charge in [-0.1, -0.05) is 19.1 Å². The summed E-state index contributed by atoms with van der Waals surface area (Å²) < 4.78 is 5.36. The van der Waals surface area contributed by atoms with Crippen LogP contribution in [0.3, 0.4) is 0 Å². The molecule has 0 spiro atoms. The number of rotatable bonds is 2. The Labute approximate surface area is 131 Å². The number of aryl methyl sites for hydroxylation is 1. The second-order valence-corrected chi connectivity index (χ2v) is 6.66. The van der Waals surface area contributed by atoms with E-state index in [1.165, 1.54) is 27.8 Å². The van der Waals surface area contributed by atoms with E-state index in [0.29, 0.717) is 12.2 Å². The minimum atomic E-state index is -0.164. The number of ether oxygens (including phenoxy) is 1. The Kier molecular flexibility index (Phi) is 3.04. The molecular weight excluding hydrogens is 272 g/mol. The Morgan fingerprint density at radius 1 is 1.18 bits per heavy atom. The lowest BCUT2D eigenvalue weighted by Gasteiger charge is -2.39. The second-order valence-electron chi connectivity index (χ2n) is 6.66. The highest BCUT2D eigenvalue weighted by molar-refractivity contribution is 5.97. The summed E-state index contributed by atoms with van der Waals surface area (Å²) >= 11 is 0. The Morgan fingerprint density at radius 2 is 2.05 bits per heavy atom. The molecule has 0 fully saturated rings. The largest absolute Gasteiger partial charge is 0.497 e. The van der Waals surface area contributed by atoms with Crippen molar-refractivity contribution in [1.82, 2.24) is 0 Å². The molecule has 1 unspecified atom stereocenters. The number of hydrogen-bond acceptors (Lipinski definition) is 2. The van der Waals surface area contributed by atoms with E-state index in [1.807, 2.05) is 0 Å². The highest BCUT2D eigenvalue weighted by Crippen LogP contribution is 2.55. The molecule has 0 N–H and O–H groups in total. The van der Waals surface area contributed by atoms with Gasteiger partial charge in [-0.3, -0.25) is 4.79 Å². The minimum absolute atomic E-state index is 0.164. The fourth-order valence-electron chi connectivity index (χ4n) is 4.68. The molecule has 22 heavy (non-hydrogen) atoms. The SMILES string of the molecule is CCC12CCC3=C(CCc4cc(OC)ccc43)C1=CCC2=O. The van der Waals surface area contributed by atoms with Crippen LogP contribution < -0.4 is 4.74 Å². The molecule has 0 saturated carbocycles. The first-order valence-electron chi connectivity index (χ1n) is 8.33. The zero-order valence-corrected chi connectivity index (χ0v) is 13.4. The van der Waals surface area contributed by atoms with Gasteiger partial charge in [0.25, 0.3) is 0 Å². The van der Waals surface area contributed by atoms with E-state index in [0.717, 1.165) is 37.9 Å². The molecule has 0 amide bonds. The molecule has 1 aromatic carbocycles. The Balaban J connectivity index is 1.84. The van der Waals surface area contributed by atoms with E-state index in [2.05, 4.69) is 31.2 Å². The van der Waals surface area contributed by atoms with Crippen LogP contribution >= 0.6 is 0 Å². The van der Waals surface area contributed by atoms with E-state index in [1.54, 1.807) is 7.11 Å². The molecule has 2 nitrogen and oxygen atoms in total. The normalized spacial score (nSPS) is 26.3. The highest BCUT2D eigenvalue weighted by atomic mass is 16.5. The van der Waals surface area contributed by atoms with Gasteiger partial charge in [-0.2, -0.15) is 0 Å². The molecule has 0 aliphatic heterocycles. The van der Waals surface area contributed by atoms with E-state index < -0.39 is 0 Å². The lowest BCUT2D eigenvalue weighted by atomic mass is 9.63. The molecule has 3 aliphatic rings. The number of benzene rings is 1. The summed E-state index contributed by atoms with van der Waals surface area (Å²) in [6.07, 6.45) is 7.94. The average molecular weight is 294 g/mol. The Morgan fingerprint density at radius 3 is 2.82 bits per heavy atom. The molecule has 1 atom stereocenters. The molecule has 3 aliphatic carbocycles. The number of ketones is 1. The van der Waals surface area contributed by atoms with Crippen LogP contribution in [0, 0.1) is 5.41 Å². The predicted octanol–water partition coefficient (Wildman–Crippen LogP) is 4.48. The van der Waals surface area contributed by atoms with Crippen LogP contribution in [-0.2, 0) is 11.2 Å². The van der Waals surface area contributed by atoms with Crippen LogP contribution in [0.15, 0.2) is 35.4 Å². The maximum atomic E-state index is 12.5. The number of Topliss-reactive ketones (excluding diaryl/α,β-unsaturated/α-hetero) is 1. The van der Waals surface area contributed by atoms with Crippen molar-refractivity contribution in [2.45, 2.75) is 45.4 Å². The number of allylic oxidation sites excluding steroid dienone is 4. The quantitative estimate of drug-likeness (QED) is 0.803.